The van der Waals surface area contributed by atoms with E-state index in [1.54, 1.807) is 17.7 Å². The van der Waals surface area contributed by atoms with Crippen molar-refractivity contribution >= 4 is 33.3 Å². The summed E-state index contributed by atoms with van der Waals surface area (Å²) in [7, 11) is 0. The van der Waals surface area contributed by atoms with E-state index in [-0.39, 0.29) is 0 Å². The molecular formula is C16H20N4OS. The second-order valence-corrected chi connectivity index (χ2v) is 7.11. The molecular weight excluding hydrogens is 296 g/mol. The van der Waals surface area contributed by atoms with Crippen molar-refractivity contribution in [1.29, 1.82) is 0 Å². The SMILES string of the molecule is Cc1csc2c(N3CCCN(C(=O)C4CC4)CC3)ncnc12. The summed E-state index contributed by atoms with van der Waals surface area (Å²) in [5.74, 6) is 1.71. The number of anilines is 1. The van der Waals surface area contributed by atoms with Crippen molar-refractivity contribution in [2.75, 3.05) is 31.1 Å². The first-order valence-corrected chi connectivity index (χ1v) is 8.84. The molecule has 0 N–H and O–H groups in total. The largest absolute Gasteiger partial charge is 0.353 e. The average molecular weight is 316 g/mol. The van der Waals surface area contributed by atoms with E-state index in [2.05, 4.69) is 32.1 Å². The fourth-order valence-electron chi connectivity index (χ4n) is 3.12. The molecule has 4 rings (SSSR count). The minimum absolute atomic E-state index is 0.317. The molecule has 0 radical (unpaired) electrons. The van der Waals surface area contributed by atoms with Crippen LogP contribution in [0.25, 0.3) is 10.2 Å². The van der Waals surface area contributed by atoms with Crippen LogP contribution in [0.2, 0.25) is 0 Å². The predicted octanol–water partition coefficient (Wildman–Crippen LogP) is 2.45. The summed E-state index contributed by atoms with van der Waals surface area (Å²) in [6.07, 6.45) is 4.84. The van der Waals surface area contributed by atoms with Gasteiger partial charge in [0.25, 0.3) is 0 Å². The first kappa shape index (κ1) is 13.9. The first-order chi connectivity index (χ1) is 10.7. The Morgan fingerprint density at radius 1 is 1.23 bits per heavy atom. The summed E-state index contributed by atoms with van der Waals surface area (Å²) < 4.78 is 1.17. The van der Waals surface area contributed by atoms with Crippen molar-refractivity contribution in [3.8, 4) is 0 Å². The Kier molecular flexibility index (Phi) is 3.48. The first-order valence-electron chi connectivity index (χ1n) is 7.96. The zero-order chi connectivity index (χ0) is 15.1. The van der Waals surface area contributed by atoms with Crippen LogP contribution in [0.15, 0.2) is 11.7 Å². The minimum atomic E-state index is 0.317. The van der Waals surface area contributed by atoms with E-state index in [1.807, 2.05) is 0 Å². The van der Waals surface area contributed by atoms with Crippen molar-refractivity contribution in [3.05, 3.63) is 17.3 Å². The molecule has 0 unspecified atom stereocenters. The highest BCUT2D eigenvalue weighted by molar-refractivity contribution is 7.18. The van der Waals surface area contributed by atoms with Crippen molar-refractivity contribution in [3.63, 3.8) is 0 Å². The highest BCUT2D eigenvalue weighted by Gasteiger charge is 2.34. The van der Waals surface area contributed by atoms with E-state index < -0.39 is 0 Å². The molecule has 1 saturated heterocycles. The summed E-state index contributed by atoms with van der Waals surface area (Å²) in [4.78, 5) is 25.6. The molecule has 1 saturated carbocycles. The van der Waals surface area contributed by atoms with Crippen LogP contribution in [0.1, 0.15) is 24.8 Å². The predicted molar refractivity (Wildman–Crippen MR) is 88.3 cm³/mol. The van der Waals surface area contributed by atoms with Crippen LogP contribution in [0, 0.1) is 12.8 Å². The van der Waals surface area contributed by atoms with Gasteiger partial charge >= 0.3 is 0 Å². The Morgan fingerprint density at radius 3 is 2.91 bits per heavy atom. The van der Waals surface area contributed by atoms with Crippen LogP contribution in [0.4, 0.5) is 5.82 Å². The fraction of sp³-hybridized carbons (Fsp3) is 0.562. The van der Waals surface area contributed by atoms with Gasteiger partial charge in [-0.3, -0.25) is 4.79 Å². The molecule has 0 atom stereocenters. The van der Waals surface area contributed by atoms with E-state index >= 15 is 0 Å². The van der Waals surface area contributed by atoms with Gasteiger partial charge in [0, 0.05) is 32.1 Å². The molecule has 0 aromatic carbocycles. The highest BCUT2D eigenvalue weighted by Crippen LogP contribution is 2.33. The molecule has 2 aromatic rings. The van der Waals surface area contributed by atoms with Crippen LogP contribution in [0.3, 0.4) is 0 Å². The molecule has 22 heavy (non-hydrogen) atoms. The lowest BCUT2D eigenvalue weighted by Crippen LogP contribution is -2.36. The third kappa shape index (κ3) is 2.45. The maximum Gasteiger partial charge on any atom is 0.225 e. The minimum Gasteiger partial charge on any atom is -0.353 e. The molecule has 2 aliphatic rings. The number of carbonyl (C=O) groups is 1. The third-order valence-electron chi connectivity index (χ3n) is 4.55. The zero-order valence-corrected chi connectivity index (χ0v) is 13.6. The van der Waals surface area contributed by atoms with Gasteiger partial charge in [0.15, 0.2) is 0 Å². The summed E-state index contributed by atoms with van der Waals surface area (Å²) in [5.41, 5.74) is 2.27. The Balaban J connectivity index is 1.56. The third-order valence-corrected chi connectivity index (χ3v) is 5.63. The molecule has 6 heteroatoms. The lowest BCUT2D eigenvalue weighted by molar-refractivity contribution is -0.132. The second-order valence-electron chi connectivity index (χ2n) is 6.23. The molecule has 1 aliphatic carbocycles. The lowest BCUT2D eigenvalue weighted by Gasteiger charge is -2.23. The number of rotatable bonds is 2. The number of hydrogen-bond donors (Lipinski definition) is 0. The molecule has 2 aromatic heterocycles. The van der Waals surface area contributed by atoms with Crippen LogP contribution in [-0.4, -0.2) is 47.0 Å². The number of fused-ring (bicyclic) bond motifs is 1. The lowest BCUT2D eigenvalue weighted by atomic mass is 10.3. The molecule has 1 amide bonds. The summed E-state index contributed by atoms with van der Waals surface area (Å²) in [6.45, 7) is 5.60. The van der Waals surface area contributed by atoms with Gasteiger partial charge in [-0.1, -0.05) is 0 Å². The van der Waals surface area contributed by atoms with Crippen molar-refractivity contribution in [2.45, 2.75) is 26.2 Å². The summed E-state index contributed by atoms with van der Waals surface area (Å²) >= 11 is 1.72. The van der Waals surface area contributed by atoms with Crippen molar-refractivity contribution in [1.82, 2.24) is 14.9 Å². The number of hydrogen-bond acceptors (Lipinski definition) is 5. The van der Waals surface area contributed by atoms with Gasteiger partial charge in [-0.2, -0.15) is 0 Å². The second kappa shape index (κ2) is 5.50. The molecule has 5 nitrogen and oxygen atoms in total. The normalized spacial score (nSPS) is 19.5. The molecule has 1 aliphatic heterocycles. The molecule has 0 bridgehead atoms. The van der Waals surface area contributed by atoms with E-state index in [1.165, 1.54) is 10.3 Å². The van der Waals surface area contributed by atoms with E-state index in [9.17, 15) is 4.79 Å². The quantitative estimate of drug-likeness (QED) is 0.854. The zero-order valence-electron chi connectivity index (χ0n) is 12.8. The van der Waals surface area contributed by atoms with Gasteiger partial charge < -0.3 is 9.80 Å². The Hall–Kier alpha value is -1.69. The molecule has 116 valence electrons. The van der Waals surface area contributed by atoms with E-state index in [0.29, 0.717) is 11.8 Å². The Bertz CT molecular complexity index is 709. The standard InChI is InChI=1S/C16H20N4OS/c1-11-9-22-14-13(11)17-10-18-15(14)19-5-2-6-20(8-7-19)16(21)12-3-4-12/h9-10,12H,2-8H2,1H3. The van der Waals surface area contributed by atoms with E-state index in [4.69, 9.17) is 0 Å². The molecule has 0 spiro atoms. The molecule has 2 fully saturated rings. The van der Waals surface area contributed by atoms with Gasteiger partial charge in [0.05, 0.1) is 10.2 Å². The summed E-state index contributed by atoms with van der Waals surface area (Å²) in [5, 5.41) is 2.14. The van der Waals surface area contributed by atoms with Gasteiger partial charge in [-0.05, 0) is 37.1 Å². The number of nitrogens with zero attached hydrogens (tertiary/aromatic N) is 4. The highest BCUT2D eigenvalue weighted by atomic mass is 32.1. The van der Waals surface area contributed by atoms with Gasteiger partial charge in [0.2, 0.25) is 5.91 Å². The smallest absolute Gasteiger partial charge is 0.225 e. The number of thiophene rings is 1. The Morgan fingerprint density at radius 2 is 2.09 bits per heavy atom. The number of aryl methyl sites for hydroxylation is 1. The van der Waals surface area contributed by atoms with Crippen molar-refractivity contribution in [2.24, 2.45) is 5.92 Å². The number of carbonyl (C=O) groups excluding carboxylic acids is 1. The Labute approximate surface area is 134 Å². The van der Waals surface area contributed by atoms with Crippen LogP contribution < -0.4 is 4.90 Å². The fourth-order valence-corrected chi connectivity index (χ4v) is 4.14. The van der Waals surface area contributed by atoms with Crippen LogP contribution in [0.5, 0.6) is 0 Å². The number of aromatic nitrogens is 2. The van der Waals surface area contributed by atoms with E-state index in [0.717, 1.165) is 56.8 Å². The monoisotopic (exact) mass is 316 g/mol. The average Bonchev–Trinajstić information content (AvgIpc) is 3.34. The maximum absolute atomic E-state index is 12.3. The van der Waals surface area contributed by atoms with Crippen molar-refractivity contribution < 1.29 is 4.79 Å². The number of amides is 1. The van der Waals surface area contributed by atoms with Gasteiger partial charge in [0.1, 0.15) is 12.1 Å². The molecule has 3 heterocycles. The summed E-state index contributed by atoms with van der Waals surface area (Å²) in [6, 6.07) is 0. The van der Waals surface area contributed by atoms with Crippen LogP contribution in [-0.2, 0) is 4.79 Å². The van der Waals surface area contributed by atoms with Gasteiger partial charge in [-0.25, -0.2) is 9.97 Å². The topological polar surface area (TPSA) is 49.3 Å². The maximum atomic E-state index is 12.3. The van der Waals surface area contributed by atoms with Crippen LogP contribution >= 0.6 is 11.3 Å². The van der Waals surface area contributed by atoms with Gasteiger partial charge in [-0.15, -0.1) is 11.3 Å².